The Hall–Kier alpha value is -3.14. The molecule has 2 heterocycles. The van der Waals surface area contributed by atoms with Crippen molar-refractivity contribution in [2.75, 3.05) is 28.0 Å². The maximum atomic E-state index is 12.4. The number of nitrogens with zero attached hydrogens (tertiary/aromatic N) is 5. The Labute approximate surface area is 170 Å². The molecule has 3 aromatic rings. The van der Waals surface area contributed by atoms with Crippen molar-refractivity contribution in [2.24, 2.45) is 7.05 Å². The highest BCUT2D eigenvalue weighted by Gasteiger charge is 2.17. The minimum atomic E-state index is -3.72. The fraction of sp³-hybridized carbons (Fsp3) is 0.316. The quantitative estimate of drug-likeness (QED) is 0.583. The fourth-order valence-electron chi connectivity index (χ4n) is 2.83. The molecule has 2 N–H and O–H groups in total. The van der Waals surface area contributed by atoms with Gasteiger partial charge in [-0.25, -0.2) is 15.0 Å². The zero-order chi connectivity index (χ0) is 21.0. The lowest BCUT2D eigenvalue weighted by atomic mass is 10.3. The van der Waals surface area contributed by atoms with E-state index in [2.05, 4.69) is 43.7 Å². The van der Waals surface area contributed by atoms with Crippen molar-refractivity contribution in [3.05, 3.63) is 48.7 Å². The van der Waals surface area contributed by atoms with Crippen molar-refractivity contribution in [1.29, 1.82) is 0 Å². The van der Waals surface area contributed by atoms with Crippen LogP contribution in [-0.4, -0.2) is 41.0 Å². The van der Waals surface area contributed by atoms with E-state index in [1.807, 2.05) is 13.0 Å². The van der Waals surface area contributed by atoms with E-state index in [4.69, 9.17) is 0 Å². The van der Waals surface area contributed by atoms with E-state index < -0.39 is 10.0 Å². The summed E-state index contributed by atoms with van der Waals surface area (Å²) >= 11 is 0. The molecule has 0 radical (unpaired) electrons. The SMILES string of the molecule is CCN(CC)c1cc(Nc2ccc(NS(=O)(=O)c3cn(C)cn3)cc2)nc(C)n1. The molecule has 0 aliphatic rings. The molecule has 0 amide bonds. The first-order valence-electron chi connectivity index (χ1n) is 9.29. The van der Waals surface area contributed by atoms with Gasteiger partial charge >= 0.3 is 0 Å². The number of aromatic nitrogens is 4. The topological polar surface area (TPSA) is 105 Å². The largest absolute Gasteiger partial charge is 0.357 e. The van der Waals surface area contributed by atoms with Crippen LogP contribution in [0.15, 0.2) is 47.9 Å². The van der Waals surface area contributed by atoms with Gasteiger partial charge in [0.05, 0.1) is 6.33 Å². The Morgan fingerprint density at radius 2 is 1.72 bits per heavy atom. The number of anilines is 4. The summed E-state index contributed by atoms with van der Waals surface area (Å²) < 4.78 is 28.8. The average Bonchev–Trinajstić information content (AvgIpc) is 3.11. The first-order valence-corrected chi connectivity index (χ1v) is 10.8. The molecule has 0 saturated heterocycles. The summed E-state index contributed by atoms with van der Waals surface area (Å²) in [4.78, 5) is 15.0. The molecule has 0 saturated carbocycles. The van der Waals surface area contributed by atoms with Crippen LogP contribution in [0, 0.1) is 6.92 Å². The number of sulfonamides is 1. The number of nitrogens with one attached hydrogen (secondary N) is 2. The summed E-state index contributed by atoms with van der Waals surface area (Å²) in [5.74, 6) is 2.22. The van der Waals surface area contributed by atoms with Crippen LogP contribution in [0.4, 0.5) is 23.0 Å². The van der Waals surface area contributed by atoms with E-state index in [1.54, 1.807) is 35.9 Å². The maximum absolute atomic E-state index is 12.4. The summed E-state index contributed by atoms with van der Waals surface area (Å²) in [7, 11) is -2.00. The molecule has 29 heavy (non-hydrogen) atoms. The van der Waals surface area contributed by atoms with Crippen molar-refractivity contribution in [1.82, 2.24) is 19.5 Å². The van der Waals surface area contributed by atoms with Gasteiger partial charge < -0.3 is 14.8 Å². The van der Waals surface area contributed by atoms with E-state index >= 15 is 0 Å². The minimum Gasteiger partial charge on any atom is -0.357 e. The Morgan fingerprint density at radius 3 is 2.31 bits per heavy atom. The average molecular weight is 416 g/mol. The summed E-state index contributed by atoms with van der Waals surface area (Å²) in [6, 6.07) is 8.83. The second-order valence-corrected chi connectivity index (χ2v) is 8.15. The van der Waals surface area contributed by atoms with Gasteiger partial charge in [-0.15, -0.1) is 0 Å². The third kappa shape index (κ3) is 5.02. The number of hydrogen-bond acceptors (Lipinski definition) is 7. The number of aryl methyl sites for hydroxylation is 2. The maximum Gasteiger partial charge on any atom is 0.280 e. The predicted molar refractivity (Wildman–Crippen MR) is 114 cm³/mol. The normalized spacial score (nSPS) is 11.3. The van der Waals surface area contributed by atoms with Crippen molar-refractivity contribution in [2.45, 2.75) is 25.8 Å². The highest BCUT2D eigenvalue weighted by atomic mass is 32.2. The van der Waals surface area contributed by atoms with Gasteiger partial charge in [0.2, 0.25) is 0 Å². The lowest BCUT2D eigenvalue weighted by molar-refractivity contribution is 0.598. The van der Waals surface area contributed by atoms with Gasteiger partial charge in [0, 0.05) is 43.8 Å². The van der Waals surface area contributed by atoms with Gasteiger partial charge in [0.25, 0.3) is 10.0 Å². The van der Waals surface area contributed by atoms with Crippen LogP contribution < -0.4 is 14.9 Å². The molecular formula is C19H25N7O2S. The van der Waals surface area contributed by atoms with Gasteiger partial charge in [0.15, 0.2) is 5.03 Å². The second kappa shape index (κ2) is 8.48. The zero-order valence-electron chi connectivity index (χ0n) is 16.9. The Kier molecular flexibility index (Phi) is 6.02. The van der Waals surface area contributed by atoms with Crippen molar-refractivity contribution in [3.63, 3.8) is 0 Å². The molecule has 0 fully saturated rings. The van der Waals surface area contributed by atoms with Crippen LogP contribution in [0.5, 0.6) is 0 Å². The van der Waals surface area contributed by atoms with Crippen LogP contribution in [0.2, 0.25) is 0 Å². The van der Waals surface area contributed by atoms with Crippen molar-refractivity contribution in [3.8, 4) is 0 Å². The minimum absolute atomic E-state index is 0.0254. The van der Waals surface area contributed by atoms with Gasteiger partial charge in [-0.2, -0.15) is 8.42 Å². The van der Waals surface area contributed by atoms with Crippen LogP contribution in [-0.2, 0) is 17.1 Å². The van der Waals surface area contributed by atoms with Crippen LogP contribution in [0.1, 0.15) is 19.7 Å². The third-order valence-electron chi connectivity index (χ3n) is 4.28. The number of hydrogen-bond donors (Lipinski definition) is 2. The molecular weight excluding hydrogens is 390 g/mol. The second-order valence-electron chi connectivity index (χ2n) is 6.52. The molecule has 9 nitrogen and oxygen atoms in total. The summed E-state index contributed by atoms with van der Waals surface area (Å²) in [6.45, 7) is 7.74. The van der Waals surface area contributed by atoms with Gasteiger partial charge in [-0.05, 0) is 45.0 Å². The molecule has 0 aliphatic carbocycles. The molecule has 0 spiro atoms. The predicted octanol–water partition coefficient (Wildman–Crippen LogP) is 2.91. The van der Waals surface area contributed by atoms with Gasteiger partial charge in [-0.1, -0.05) is 0 Å². The molecule has 1 aromatic carbocycles. The number of benzene rings is 1. The van der Waals surface area contributed by atoms with Crippen LogP contribution in [0.25, 0.3) is 0 Å². The molecule has 0 atom stereocenters. The molecule has 10 heteroatoms. The van der Waals surface area contributed by atoms with Crippen LogP contribution in [0.3, 0.4) is 0 Å². The first kappa shape index (κ1) is 20.6. The van der Waals surface area contributed by atoms with Crippen molar-refractivity contribution < 1.29 is 8.42 Å². The lowest BCUT2D eigenvalue weighted by Gasteiger charge is -2.20. The summed E-state index contributed by atoms with van der Waals surface area (Å²) in [5, 5.41) is 3.22. The Bertz CT molecular complexity index is 1070. The van der Waals surface area contributed by atoms with Gasteiger partial charge in [-0.3, -0.25) is 4.72 Å². The van der Waals surface area contributed by atoms with Gasteiger partial charge in [0.1, 0.15) is 17.5 Å². The van der Waals surface area contributed by atoms with E-state index in [0.29, 0.717) is 17.3 Å². The monoisotopic (exact) mass is 415 g/mol. The highest BCUT2D eigenvalue weighted by Crippen LogP contribution is 2.22. The van der Waals surface area contributed by atoms with E-state index in [1.165, 1.54) is 12.5 Å². The number of imidazole rings is 1. The molecule has 154 valence electrons. The Morgan fingerprint density at radius 1 is 1.07 bits per heavy atom. The summed E-state index contributed by atoms with van der Waals surface area (Å²) in [5.41, 5.74) is 1.23. The number of rotatable bonds is 8. The Balaban J connectivity index is 1.74. The van der Waals surface area contributed by atoms with E-state index in [0.717, 1.165) is 24.6 Å². The van der Waals surface area contributed by atoms with E-state index in [9.17, 15) is 8.42 Å². The fourth-order valence-corrected chi connectivity index (χ4v) is 3.87. The lowest BCUT2D eigenvalue weighted by Crippen LogP contribution is -2.23. The first-order chi connectivity index (χ1) is 13.8. The molecule has 3 rings (SSSR count). The molecule has 0 unspecified atom stereocenters. The third-order valence-corrected chi connectivity index (χ3v) is 5.54. The standard InChI is InChI=1S/C19H25N7O2S/c1-5-26(6-2)18-11-17(21-14(3)22-18)23-15-7-9-16(10-8-15)24-29(27,28)19-12-25(4)13-20-19/h7-13,24H,5-6H2,1-4H3,(H,21,22,23). The van der Waals surface area contributed by atoms with E-state index in [-0.39, 0.29) is 5.03 Å². The smallest absolute Gasteiger partial charge is 0.280 e. The molecule has 0 aliphatic heterocycles. The summed E-state index contributed by atoms with van der Waals surface area (Å²) in [6.07, 6.45) is 2.89. The van der Waals surface area contributed by atoms with Crippen molar-refractivity contribution >= 4 is 33.0 Å². The molecule has 0 bridgehead atoms. The highest BCUT2D eigenvalue weighted by molar-refractivity contribution is 7.92. The zero-order valence-corrected chi connectivity index (χ0v) is 17.7. The molecule has 2 aromatic heterocycles. The van der Waals surface area contributed by atoms with Crippen LogP contribution >= 0.6 is 0 Å².